The molecule has 0 radical (unpaired) electrons. The molecule has 1 aromatic rings. The van der Waals surface area contributed by atoms with Crippen molar-refractivity contribution >= 4 is 23.6 Å². The molecule has 1 fully saturated rings. The van der Waals surface area contributed by atoms with Crippen LogP contribution in [0.1, 0.15) is 31.2 Å². The number of likely N-dealkylation sites (tertiary alicyclic amines) is 1. The minimum atomic E-state index is -0.554. The second-order valence-electron chi connectivity index (χ2n) is 6.39. The van der Waals surface area contributed by atoms with Crippen LogP contribution in [0.25, 0.3) is 0 Å². The summed E-state index contributed by atoms with van der Waals surface area (Å²) < 4.78 is 0. The Morgan fingerprint density at radius 2 is 1.73 bits per heavy atom. The van der Waals surface area contributed by atoms with Gasteiger partial charge in [-0.15, -0.1) is 0 Å². The molecule has 7 heteroatoms. The van der Waals surface area contributed by atoms with E-state index in [9.17, 15) is 14.4 Å². The molecule has 0 saturated carbocycles. The lowest BCUT2D eigenvalue weighted by Crippen LogP contribution is -2.32. The van der Waals surface area contributed by atoms with Crippen molar-refractivity contribution in [2.75, 3.05) is 6.54 Å². The smallest absolute Gasteiger partial charge is 0.335 e. The maximum Gasteiger partial charge on any atom is 0.335 e. The first kappa shape index (κ1) is 17.8. The van der Waals surface area contributed by atoms with Gasteiger partial charge in [-0.3, -0.25) is 14.5 Å². The number of imide groups is 1. The predicted molar refractivity (Wildman–Crippen MR) is 94.6 cm³/mol. The standard InChI is InChI=1S/C19H21N3O4/c20-17(13-7-2-1-3-8-13)21-26-16(23)11-6-12-22-18(24)14-9-4-5-10-15(14)19(22)25/h1-5,7-8,14-15H,6,9-12H2,(H2,20,21)/t14-,15+. The summed E-state index contributed by atoms with van der Waals surface area (Å²) in [6, 6.07) is 8.96. The number of hydrogen-bond donors (Lipinski definition) is 1. The van der Waals surface area contributed by atoms with Gasteiger partial charge in [-0.05, 0) is 19.3 Å². The zero-order chi connectivity index (χ0) is 18.5. The van der Waals surface area contributed by atoms with E-state index in [0.29, 0.717) is 24.8 Å². The highest BCUT2D eigenvalue weighted by Gasteiger charge is 2.46. The molecule has 1 aromatic carbocycles. The third kappa shape index (κ3) is 3.82. The third-order valence-electron chi connectivity index (χ3n) is 4.68. The largest absolute Gasteiger partial charge is 0.380 e. The van der Waals surface area contributed by atoms with Crippen molar-refractivity contribution in [2.45, 2.75) is 25.7 Å². The minimum Gasteiger partial charge on any atom is -0.380 e. The fraction of sp³-hybridized carbons (Fsp3) is 0.368. The number of fused-ring (bicyclic) bond motifs is 1. The van der Waals surface area contributed by atoms with Crippen LogP contribution in [-0.2, 0) is 19.2 Å². The van der Waals surface area contributed by atoms with E-state index in [1.54, 1.807) is 24.3 Å². The molecule has 3 rings (SSSR count). The topological polar surface area (TPSA) is 102 Å². The van der Waals surface area contributed by atoms with Gasteiger partial charge in [0, 0.05) is 18.5 Å². The zero-order valence-electron chi connectivity index (χ0n) is 14.3. The summed E-state index contributed by atoms with van der Waals surface area (Å²) in [5, 5.41) is 3.62. The van der Waals surface area contributed by atoms with E-state index >= 15 is 0 Å². The lowest BCUT2D eigenvalue weighted by Gasteiger charge is -2.14. The highest BCUT2D eigenvalue weighted by Crippen LogP contribution is 2.35. The number of amidine groups is 1. The van der Waals surface area contributed by atoms with Gasteiger partial charge in [0.05, 0.1) is 11.8 Å². The molecule has 7 nitrogen and oxygen atoms in total. The second kappa shape index (κ2) is 7.95. The summed E-state index contributed by atoms with van der Waals surface area (Å²) in [5.74, 6) is -1.19. The fourth-order valence-corrected chi connectivity index (χ4v) is 3.28. The maximum atomic E-state index is 12.3. The number of carbonyl (C=O) groups is 3. The quantitative estimate of drug-likeness (QED) is 0.208. The zero-order valence-corrected chi connectivity index (χ0v) is 14.3. The first-order valence-electron chi connectivity index (χ1n) is 8.67. The molecule has 1 aliphatic heterocycles. The summed E-state index contributed by atoms with van der Waals surface area (Å²) in [5.41, 5.74) is 6.40. The highest BCUT2D eigenvalue weighted by atomic mass is 16.7. The summed E-state index contributed by atoms with van der Waals surface area (Å²) in [6.45, 7) is 0.220. The van der Waals surface area contributed by atoms with E-state index in [4.69, 9.17) is 10.6 Å². The van der Waals surface area contributed by atoms with Gasteiger partial charge in [-0.1, -0.05) is 47.6 Å². The average Bonchev–Trinajstić information content (AvgIpc) is 2.92. The molecule has 0 spiro atoms. The summed E-state index contributed by atoms with van der Waals surface area (Å²) in [7, 11) is 0. The van der Waals surface area contributed by atoms with Gasteiger partial charge in [0.1, 0.15) is 0 Å². The van der Waals surface area contributed by atoms with Crippen LogP contribution in [0.15, 0.2) is 47.6 Å². The Morgan fingerprint density at radius 3 is 2.35 bits per heavy atom. The van der Waals surface area contributed by atoms with Gasteiger partial charge in [0.25, 0.3) is 0 Å². The van der Waals surface area contributed by atoms with E-state index in [1.807, 2.05) is 18.2 Å². The summed E-state index contributed by atoms with van der Waals surface area (Å²) in [6.07, 6.45) is 5.51. The molecule has 136 valence electrons. The highest BCUT2D eigenvalue weighted by molar-refractivity contribution is 6.05. The molecular weight excluding hydrogens is 334 g/mol. The number of hydrogen-bond acceptors (Lipinski definition) is 5. The van der Waals surface area contributed by atoms with Crippen molar-refractivity contribution in [2.24, 2.45) is 22.7 Å². The van der Waals surface area contributed by atoms with Crippen LogP contribution in [0.5, 0.6) is 0 Å². The molecule has 0 aromatic heterocycles. The molecule has 0 unspecified atom stereocenters. The Morgan fingerprint density at radius 1 is 1.12 bits per heavy atom. The van der Waals surface area contributed by atoms with E-state index in [1.165, 1.54) is 4.90 Å². The van der Waals surface area contributed by atoms with Gasteiger partial charge in [-0.25, -0.2) is 4.79 Å². The molecule has 0 bridgehead atoms. The molecule has 2 aliphatic rings. The van der Waals surface area contributed by atoms with Gasteiger partial charge >= 0.3 is 5.97 Å². The molecule has 2 amide bonds. The van der Waals surface area contributed by atoms with Crippen LogP contribution in [0.3, 0.4) is 0 Å². The van der Waals surface area contributed by atoms with E-state index in [-0.39, 0.29) is 42.5 Å². The Hall–Kier alpha value is -2.96. The van der Waals surface area contributed by atoms with Gasteiger partial charge in [-0.2, -0.15) is 0 Å². The van der Waals surface area contributed by atoms with Crippen molar-refractivity contribution in [3.05, 3.63) is 48.0 Å². The number of nitrogens with zero attached hydrogens (tertiary/aromatic N) is 2. The molecule has 26 heavy (non-hydrogen) atoms. The normalized spacial score (nSPS) is 22.5. The van der Waals surface area contributed by atoms with Crippen LogP contribution in [0, 0.1) is 11.8 Å². The van der Waals surface area contributed by atoms with Gasteiger partial charge < -0.3 is 10.6 Å². The average molecular weight is 355 g/mol. The fourth-order valence-electron chi connectivity index (χ4n) is 3.28. The molecule has 1 saturated heterocycles. The summed E-state index contributed by atoms with van der Waals surface area (Å²) in [4.78, 5) is 42.5. The second-order valence-corrected chi connectivity index (χ2v) is 6.39. The van der Waals surface area contributed by atoms with Crippen molar-refractivity contribution in [3.8, 4) is 0 Å². The number of amides is 2. The van der Waals surface area contributed by atoms with Crippen LogP contribution in [0.2, 0.25) is 0 Å². The summed E-state index contributed by atoms with van der Waals surface area (Å²) >= 11 is 0. The van der Waals surface area contributed by atoms with Crippen LogP contribution >= 0.6 is 0 Å². The molecule has 2 atom stereocenters. The molecular formula is C19H21N3O4. The number of oxime groups is 1. The molecule has 1 aliphatic carbocycles. The number of benzene rings is 1. The monoisotopic (exact) mass is 355 g/mol. The molecule has 1 heterocycles. The number of nitrogens with two attached hydrogens (primary N) is 1. The first-order chi connectivity index (χ1) is 12.6. The van der Waals surface area contributed by atoms with Crippen LogP contribution < -0.4 is 5.73 Å². The third-order valence-corrected chi connectivity index (χ3v) is 4.68. The van der Waals surface area contributed by atoms with Crippen molar-refractivity contribution in [1.29, 1.82) is 0 Å². The maximum absolute atomic E-state index is 12.3. The molecule has 2 N–H and O–H groups in total. The van der Waals surface area contributed by atoms with Gasteiger partial charge in [0.2, 0.25) is 11.8 Å². The van der Waals surface area contributed by atoms with E-state index < -0.39 is 5.97 Å². The number of carbonyl (C=O) groups excluding carboxylic acids is 3. The lowest BCUT2D eigenvalue weighted by atomic mass is 9.85. The van der Waals surface area contributed by atoms with E-state index in [2.05, 4.69) is 5.16 Å². The number of rotatable bonds is 6. The van der Waals surface area contributed by atoms with Gasteiger partial charge in [0.15, 0.2) is 5.84 Å². The lowest BCUT2D eigenvalue weighted by molar-refractivity contribution is -0.145. The van der Waals surface area contributed by atoms with Crippen molar-refractivity contribution in [1.82, 2.24) is 4.90 Å². The Labute approximate surface area is 151 Å². The van der Waals surface area contributed by atoms with Crippen LogP contribution in [0.4, 0.5) is 0 Å². The first-order valence-corrected chi connectivity index (χ1v) is 8.67. The SMILES string of the molecule is N/C(=N\OC(=O)CCCN1C(=O)[C@H]2CC=CC[C@H]2C1=O)c1ccccc1. The van der Waals surface area contributed by atoms with Crippen LogP contribution in [-0.4, -0.2) is 35.1 Å². The van der Waals surface area contributed by atoms with Crippen molar-refractivity contribution in [3.63, 3.8) is 0 Å². The Kier molecular flexibility index (Phi) is 5.46. The minimum absolute atomic E-state index is 0.0518. The number of allylic oxidation sites excluding steroid dienone is 2. The Bertz CT molecular complexity index is 731. The van der Waals surface area contributed by atoms with E-state index in [0.717, 1.165) is 0 Å². The Balaban J connectivity index is 1.45. The predicted octanol–water partition coefficient (Wildman–Crippen LogP) is 1.58. The van der Waals surface area contributed by atoms with Crippen molar-refractivity contribution < 1.29 is 19.2 Å².